The molecule has 0 aromatic heterocycles. The molecule has 0 bridgehead atoms. The first-order valence-electron chi connectivity index (χ1n) is 6.57. The van der Waals surface area contributed by atoms with Gasteiger partial charge in [-0.1, -0.05) is 38.8 Å². The molecule has 0 aliphatic heterocycles. The van der Waals surface area contributed by atoms with E-state index in [9.17, 15) is 0 Å². The van der Waals surface area contributed by atoms with Crippen molar-refractivity contribution in [1.29, 1.82) is 0 Å². The maximum atomic E-state index is 5.96. The molecular formula is C15H25NO. The number of aryl methyl sites for hydroxylation is 1. The first-order valence-corrected chi connectivity index (χ1v) is 6.57. The molecule has 1 unspecified atom stereocenters. The Morgan fingerprint density at radius 2 is 1.88 bits per heavy atom. The zero-order valence-electron chi connectivity index (χ0n) is 11.5. The number of ether oxygens (including phenoxy) is 1. The zero-order valence-corrected chi connectivity index (χ0v) is 11.5. The van der Waals surface area contributed by atoms with Gasteiger partial charge in [-0.25, -0.2) is 0 Å². The van der Waals surface area contributed by atoms with Crippen LogP contribution in [0.2, 0.25) is 0 Å². The first kappa shape index (κ1) is 14.0. The molecule has 1 aromatic rings. The van der Waals surface area contributed by atoms with E-state index in [1.807, 2.05) is 6.92 Å². The van der Waals surface area contributed by atoms with Crippen LogP contribution in [0, 0.1) is 12.8 Å². The minimum atomic E-state index is 0.0207. The SMILES string of the molecule is CCC(CC)COc1cc(C)ccc1C(C)N. The Bertz CT molecular complexity index is 343. The Kier molecular flexibility index (Phi) is 5.49. The summed E-state index contributed by atoms with van der Waals surface area (Å²) < 4.78 is 5.94. The van der Waals surface area contributed by atoms with Crippen LogP contribution in [0.25, 0.3) is 0 Å². The van der Waals surface area contributed by atoms with Gasteiger partial charge >= 0.3 is 0 Å². The van der Waals surface area contributed by atoms with E-state index >= 15 is 0 Å². The zero-order chi connectivity index (χ0) is 12.8. The molecule has 0 aliphatic rings. The van der Waals surface area contributed by atoms with Gasteiger partial charge in [0.05, 0.1) is 6.61 Å². The molecule has 0 saturated heterocycles. The van der Waals surface area contributed by atoms with E-state index in [2.05, 4.69) is 39.0 Å². The van der Waals surface area contributed by atoms with Crippen LogP contribution in [-0.4, -0.2) is 6.61 Å². The van der Waals surface area contributed by atoms with E-state index in [0.717, 1.165) is 30.8 Å². The van der Waals surface area contributed by atoms with Crippen molar-refractivity contribution in [2.24, 2.45) is 11.7 Å². The molecule has 2 heteroatoms. The second kappa shape index (κ2) is 6.65. The summed E-state index contributed by atoms with van der Waals surface area (Å²) in [5, 5.41) is 0. The monoisotopic (exact) mass is 235 g/mol. The Labute approximate surface area is 105 Å². The maximum absolute atomic E-state index is 5.96. The molecule has 1 atom stereocenters. The summed E-state index contributed by atoms with van der Waals surface area (Å²) in [6.07, 6.45) is 2.33. The lowest BCUT2D eigenvalue weighted by atomic mass is 10.0. The van der Waals surface area contributed by atoms with Crippen LogP contribution in [0.4, 0.5) is 0 Å². The fourth-order valence-corrected chi connectivity index (χ4v) is 1.87. The summed E-state index contributed by atoms with van der Waals surface area (Å²) in [5.74, 6) is 1.59. The van der Waals surface area contributed by atoms with Crippen LogP contribution in [0.5, 0.6) is 5.75 Å². The molecule has 0 amide bonds. The van der Waals surface area contributed by atoms with Crippen molar-refractivity contribution in [3.63, 3.8) is 0 Å². The van der Waals surface area contributed by atoms with Crippen molar-refractivity contribution >= 4 is 0 Å². The van der Waals surface area contributed by atoms with Crippen LogP contribution >= 0.6 is 0 Å². The van der Waals surface area contributed by atoms with Crippen LogP contribution in [0.15, 0.2) is 18.2 Å². The largest absolute Gasteiger partial charge is 0.493 e. The van der Waals surface area contributed by atoms with E-state index in [-0.39, 0.29) is 6.04 Å². The fourth-order valence-electron chi connectivity index (χ4n) is 1.87. The average molecular weight is 235 g/mol. The number of nitrogens with two attached hydrogens (primary N) is 1. The standard InChI is InChI=1S/C15H25NO/c1-5-13(6-2)10-17-15-9-11(3)7-8-14(15)12(4)16/h7-9,12-13H,5-6,10,16H2,1-4H3. The number of hydrogen-bond donors (Lipinski definition) is 1. The molecule has 0 heterocycles. The predicted octanol–water partition coefficient (Wildman–Crippen LogP) is 3.83. The Hall–Kier alpha value is -1.02. The van der Waals surface area contributed by atoms with E-state index < -0.39 is 0 Å². The van der Waals surface area contributed by atoms with Crippen molar-refractivity contribution in [1.82, 2.24) is 0 Å². The van der Waals surface area contributed by atoms with Crippen molar-refractivity contribution in [2.75, 3.05) is 6.61 Å². The minimum absolute atomic E-state index is 0.0207. The highest BCUT2D eigenvalue weighted by Gasteiger charge is 2.10. The summed E-state index contributed by atoms with van der Waals surface area (Å²) >= 11 is 0. The van der Waals surface area contributed by atoms with Gasteiger partial charge in [-0.15, -0.1) is 0 Å². The van der Waals surface area contributed by atoms with Gasteiger partial charge in [0.15, 0.2) is 0 Å². The topological polar surface area (TPSA) is 35.2 Å². The van der Waals surface area contributed by atoms with E-state index in [0.29, 0.717) is 5.92 Å². The summed E-state index contributed by atoms with van der Waals surface area (Å²) in [7, 11) is 0. The van der Waals surface area contributed by atoms with Crippen LogP contribution in [0.1, 0.15) is 50.8 Å². The van der Waals surface area contributed by atoms with E-state index in [1.54, 1.807) is 0 Å². The quantitative estimate of drug-likeness (QED) is 0.813. The van der Waals surface area contributed by atoms with Gasteiger partial charge in [0.25, 0.3) is 0 Å². The second-order valence-corrected chi connectivity index (χ2v) is 4.82. The van der Waals surface area contributed by atoms with Gasteiger partial charge in [-0.05, 0) is 31.4 Å². The van der Waals surface area contributed by atoms with Gasteiger partial charge < -0.3 is 10.5 Å². The van der Waals surface area contributed by atoms with Gasteiger partial charge in [0.2, 0.25) is 0 Å². The lowest BCUT2D eigenvalue weighted by Crippen LogP contribution is -2.13. The lowest BCUT2D eigenvalue weighted by molar-refractivity contribution is 0.238. The molecule has 1 rings (SSSR count). The Morgan fingerprint density at radius 3 is 2.41 bits per heavy atom. The molecule has 0 radical (unpaired) electrons. The molecule has 2 N–H and O–H groups in total. The van der Waals surface area contributed by atoms with Gasteiger partial charge in [-0.2, -0.15) is 0 Å². The summed E-state index contributed by atoms with van der Waals surface area (Å²) in [6.45, 7) is 9.28. The number of benzene rings is 1. The van der Waals surface area contributed by atoms with Crippen LogP contribution in [0.3, 0.4) is 0 Å². The maximum Gasteiger partial charge on any atom is 0.124 e. The van der Waals surface area contributed by atoms with Gasteiger partial charge in [0, 0.05) is 11.6 Å². The van der Waals surface area contributed by atoms with Crippen molar-refractivity contribution in [3.05, 3.63) is 29.3 Å². The third-order valence-electron chi connectivity index (χ3n) is 3.29. The normalized spacial score (nSPS) is 12.8. The summed E-state index contributed by atoms with van der Waals surface area (Å²) in [6, 6.07) is 6.26. The average Bonchev–Trinajstić information content (AvgIpc) is 2.30. The number of rotatable bonds is 6. The first-order chi connectivity index (χ1) is 8.08. The molecule has 0 fully saturated rings. The minimum Gasteiger partial charge on any atom is -0.493 e. The molecule has 2 nitrogen and oxygen atoms in total. The molecule has 1 aromatic carbocycles. The molecule has 0 aliphatic carbocycles. The lowest BCUT2D eigenvalue weighted by Gasteiger charge is -2.18. The Balaban J connectivity index is 2.78. The van der Waals surface area contributed by atoms with E-state index in [4.69, 9.17) is 10.5 Å². The molecule has 96 valence electrons. The van der Waals surface area contributed by atoms with Gasteiger partial charge in [0.1, 0.15) is 5.75 Å². The predicted molar refractivity (Wildman–Crippen MR) is 73.3 cm³/mol. The summed E-state index contributed by atoms with van der Waals surface area (Å²) in [5.41, 5.74) is 8.27. The Morgan fingerprint density at radius 1 is 1.24 bits per heavy atom. The summed E-state index contributed by atoms with van der Waals surface area (Å²) in [4.78, 5) is 0. The molecule has 0 spiro atoms. The van der Waals surface area contributed by atoms with Crippen molar-refractivity contribution < 1.29 is 4.74 Å². The number of hydrogen-bond acceptors (Lipinski definition) is 2. The highest BCUT2D eigenvalue weighted by Crippen LogP contribution is 2.26. The van der Waals surface area contributed by atoms with Crippen molar-refractivity contribution in [3.8, 4) is 5.75 Å². The smallest absolute Gasteiger partial charge is 0.124 e. The third-order valence-corrected chi connectivity index (χ3v) is 3.29. The fraction of sp³-hybridized carbons (Fsp3) is 0.600. The van der Waals surface area contributed by atoms with Crippen molar-refractivity contribution in [2.45, 2.75) is 46.6 Å². The van der Waals surface area contributed by atoms with Crippen LogP contribution in [-0.2, 0) is 0 Å². The van der Waals surface area contributed by atoms with Crippen LogP contribution < -0.4 is 10.5 Å². The molecular weight excluding hydrogens is 210 g/mol. The highest BCUT2D eigenvalue weighted by atomic mass is 16.5. The second-order valence-electron chi connectivity index (χ2n) is 4.82. The van der Waals surface area contributed by atoms with E-state index in [1.165, 1.54) is 5.56 Å². The highest BCUT2D eigenvalue weighted by molar-refractivity contribution is 5.38. The third kappa shape index (κ3) is 4.04. The molecule has 0 saturated carbocycles. The molecule has 17 heavy (non-hydrogen) atoms. The van der Waals surface area contributed by atoms with Gasteiger partial charge in [-0.3, -0.25) is 0 Å².